The lowest BCUT2D eigenvalue weighted by Crippen LogP contribution is -2.46. The molecule has 1 saturated heterocycles. The van der Waals surface area contributed by atoms with Crippen LogP contribution in [0.15, 0.2) is 143 Å². The number of anilines is 4. The Morgan fingerprint density at radius 3 is 2.23 bits per heavy atom. The molecule has 1 aliphatic heterocycles. The average Bonchev–Trinajstić information content (AvgIpc) is 3.68. The van der Waals surface area contributed by atoms with Crippen molar-refractivity contribution in [2.24, 2.45) is 0 Å². The minimum absolute atomic E-state index is 0.108. The monoisotopic (exact) mass is 749 g/mol. The van der Waals surface area contributed by atoms with Crippen molar-refractivity contribution in [1.29, 1.82) is 0 Å². The molecule has 1 aromatic heterocycles. The van der Waals surface area contributed by atoms with Gasteiger partial charge in [0, 0.05) is 77.1 Å². The third-order valence-electron chi connectivity index (χ3n) is 8.75. The number of hydrogen-bond donors (Lipinski definition) is 2. The van der Waals surface area contributed by atoms with Crippen molar-refractivity contribution in [3.05, 3.63) is 149 Å². The standard InChI is InChI=1S/C39H36ClN7O3S2/c40-30-9-13-33(14-10-30)46-38(19-20-42-46)29-5-4-6-34(27-29)45-24-22-44(23-25-45)32-15-11-31(12-16-32)43-52(50)36-17-18-37(39(28-36)47(48)49)41-21-26-51-35-7-2-1-3-8-35/h1-20,27-28,41,43H,21-26H2. The lowest BCUT2D eigenvalue weighted by Gasteiger charge is -2.37. The molecule has 5 aromatic carbocycles. The number of rotatable bonds is 13. The molecule has 0 aliphatic carbocycles. The van der Waals surface area contributed by atoms with Crippen LogP contribution in [0.3, 0.4) is 0 Å². The number of nitrogens with zero attached hydrogens (tertiary/aromatic N) is 5. The molecule has 1 unspecified atom stereocenters. The molecular formula is C39H36ClN7O3S2. The van der Waals surface area contributed by atoms with Crippen molar-refractivity contribution >= 4 is 62.8 Å². The van der Waals surface area contributed by atoms with Gasteiger partial charge in [0.25, 0.3) is 5.69 Å². The summed E-state index contributed by atoms with van der Waals surface area (Å²) in [4.78, 5) is 17.6. The van der Waals surface area contributed by atoms with E-state index in [2.05, 4.69) is 49.2 Å². The molecule has 2 heterocycles. The Hall–Kier alpha value is -5.30. The van der Waals surface area contributed by atoms with E-state index in [1.54, 1.807) is 23.9 Å². The summed E-state index contributed by atoms with van der Waals surface area (Å²) in [5.74, 6) is 0.746. The number of nitro benzene ring substituents is 1. The van der Waals surface area contributed by atoms with Gasteiger partial charge in [0.1, 0.15) is 5.69 Å². The molecular weight excluding hydrogens is 714 g/mol. The van der Waals surface area contributed by atoms with Gasteiger partial charge in [-0.2, -0.15) is 5.10 Å². The summed E-state index contributed by atoms with van der Waals surface area (Å²) in [6.07, 6.45) is 1.81. The van der Waals surface area contributed by atoms with Crippen molar-refractivity contribution < 1.29 is 9.13 Å². The lowest BCUT2D eigenvalue weighted by atomic mass is 10.1. The predicted molar refractivity (Wildman–Crippen MR) is 214 cm³/mol. The highest BCUT2D eigenvalue weighted by atomic mass is 35.5. The third-order valence-corrected chi connectivity index (χ3v) is 11.1. The average molecular weight is 750 g/mol. The second-order valence-electron chi connectivity index (χ2n) is 12.1. The first-order valence-electron chi connectivity index (χ1n) is 16.8. The van der Waals surface area contributed by atoms with E-state index in [9.17, 15) is 14.3 Å². The topological polar surface area (TPSA) is 109 Å². The first-order chi connectivity index (χ1) is 25.4. The number of thioether (sulfide) groups is 1. The Labute approximate surface area is 314 Å². The highest BCUT2D eigenvalue weighted by Crippen LogP contribution is 2.30. The van der Waals surface area contributed by atoms with Crippen molar-refractivity contribution in [3.63, 3.8) is 0 Å². The van der Waals surface area contributed by atoms with Gasteiger partial charge in [-0.25, -0.2) is 8.89 Å². The van der Waals surface area contributed by atoms with Gasteiger partial charge in [-0.3, -0.25) is 10.1 Å². The molecule has 0 bridgehead atoms. The lowest BCUT2D eigenvalue weighted by molar-refractivity contribution is -0.384. The van der Waals surface area contributed by atoms with Gasteiger partial charge in [-0.05, 0) is 91.0 Å². The number of halogens is 1. The maximum atomic E-state index is 13.2. The van der Waals surface area contributed by atoms with E-state index in [0.717, 1.165) is 65.1 Å². The zero-order valence-electron chi connectivity index (χ0n) is 28.1. The van der Waals surface area contributed by atoms with Crippen LogP contribution in [0.2, 0.25) is 5.02 Å². The normalized spacial score (nSPS) is 13.5. The molecule has 0 saturated carbocycles. The Kier molecular flexibility index (Phi) is 11.1. The molecule has 0 spiro atoms. The third kappa shape index (κ3) is 8.42. The van der Waals surface area contributed by atoms with E-state index in [0.29, 0.717) is 27.8 Å². The van der Waals surface area contributed by atoms with Gasteiger partial charge in [0.15, 0.2) is 11.0 Å². The molecule has 264 valence electrons. The van der Waals surface area contributed by atoms with Gasteiger partial charge in [-0.15, -0.1) is 11.8 Å². The van der Waals surface area contributed by atoms with Crippen LogP contribution in [-0.4, -0.2) is 57.4 Å². The summed E-state index contributed by atoms with van der Waals surface area (Å²) in [5, 5.41) is 20.2. The van der Waals surface area contributed by atoms with Crippen LogP contribution < -0.4 is 19.8 Å². The number of nitro groups is 1. The van der Waals surface area contributed by atoms with Crippen molar-refractivity contribution in [2.75, 3.05) is 58.3 Å². The molecule has 0 radical (unpaired) electrons. The van der Waals surface area contributed by atoms with E-state index >= 15 is 0 Å². The van der Waals surface area contributed by atoms with Crippen LogP contribution in [0, 0.1) is 10.1 Å². The highest BCUT2D eigenvalue weighted by molar-refractivity contribution is 7.99. The van der Waals surface area contributed by atoms with E-state index in [-0.39, 0.29) is 5.69 Å². The van der Waals surface area contributed by atoms with Crippen molar-refractivity contribution in [3.8, 4) is 16.9 Å². The quantitative estimate of drug-likeness (QED) is 0.0523. The largest absolute Gasteiger partial charge is 0.379 e. The van der Waals surface area contributed by atoms with Crippen molar-refractivity contribution in [1.82, 2.24) is 9.78 Å². The number of hydrogen-bond acceptors (Lipinski definition) is 8. The number of piperazine rings is 1. The highest BCUT2D eigenvalue weighted by Gasteiger charge is 2.20. The molecule has 52 heavy (non-hydrogen) atoms. The minimum atomic E-state index is -1.68. The molecule has 1 atom stereocenters. The van der Waals surface area contributed by atoms with Gasteiger partial charge in [0.2, 0.25) is 0 Å². The maximum absolute atomic E-state index is 13.2. The molecule has 10 nitrogen and oxygen atoms in total. The Morgan fingerprint density at radius 2 is 1.50 bits per heavy atom. The maximum Gasteiger partial charge on any atom is 0.293 e. The summed E-state index contributed by atoms with van der Waals surface area (Å²) in [5.41, 5.74) is 6.24. The van der Waals surface area contributed by atoms with E-state index < -0.39 is 15.9 Å². The molecule has 2 N–H and O–H groups in total. The minimum Gasteiger partial charge on any atom is -0.379 e. The SMILES string of the molecule is O=[N+]([O-])c1cc(S(=O)Nc2ccc(N3CCN(c4cccc(-c5ccnn5-c5ccc(Cl)cc5)c4)CC3)cc2)ccc1NCCSc1ccccc1. The second kappa shape index (κ2) is 16.4. The van der Waals surface area contributed by atoms with E-state index in [1.165, 1.54) is 6.07 Å². The fourth-order valence-electron chi connectivity index (χ4n) is 6.10. The van der Waals surface area contributed by atoms with E-state index in [1.807, 2.05) is 95.8 Å². The van der Waals surface area contributed by atoms with Gasteiger partial charge in [0.05, 0.1) is 27.4 Å². The molecule has 13 heteroatoms. The Morgan fingerprint density at radius 1 is 0.788 bits per heavy atom. The van der Waals surface area contributed by atoms with Crippen LogP contribution >= 0.6 is 23.4 Å². The van der Waals surface area contributed by atoms with Gasteiger partial charge in [-0.1, -0.05) is 41.9 Å². The first-order valence-corrected chi connectivity index (χ1v) is 19.3. The van der Waals surface area contributed by atoms with Crippen LogP contribution in [0.25, 0.3) is 16.9 Å². The molecule has 0 amide bonds. The van der Waals surface area contributed by atoms with Crippen LogP contribution in [0.5, 0.6) is 0 Å². The zero-order chi connectivity index (χ0) is 35.9. The second-order valence-corrected chi connectivity index (χ2v) is 14.9. The molecule has 7 rings (SSSR count). The van der Waals surface area contributed by atoms with Gasteiger partial charge < -0.3 is 19.8 Å². The number of aromatic nitrogens is 2. The van der Waals surface area contributed by atoms with Gasteiger partial charge >= 0.3 is 0 Å². The fraction of sp³-hybridized carbons (Fsp3) is 0.154. The smallest absolute Gasteiger partial charge is 0.293 e. The summed E-state index contributed by atoms with van der Waals surface area (Å²) < 4.78 is 18.1. The fourth-order valence-corrected chi connectivity index (χ4v) is 7.89. The zero-order valence-corrected chi connectivity index (χ0v) is 30.5. The first kappa shape index (κ1) is 35.1. The predicted octanol–water partition coefficient (Wildman–Crippen LogP) is 8.77. The summed E-state index contributed by atoms with van der Waals surface area (Å²) in [7, 11) is -1.68. The summed E-state index contributed by atoms with van der Waals surface area (Å²) in [6.45, 7) is 3.97. The molecule has 1 fully saturated rings. The summed E-state index contributed by atoms with van der Waals surface area (Å²) in [6, 6.07) is 40.7. The van der Waals surface area contributed by atoms with E-state index in [4.69, 9.17) is 11.6 Å². The number of benzene rings is 5. The summed E-state index contributed by atoms with van der Waals surface area (Å²) >= 11 is 7.77. The Bertz CT molecular complexity index is 2160. The van der Waals surface area contributed by atoms with Crippen molar-refractivity contribution in [2.45, 2.75) is 9.79 Å². The number of nitrogens with one attached hydrogen (secondary N) is 2. The van der Waals surface area contributed by atoms with Crippen LogP contribution in [-0.2, 0) is 11.0 Å². The molecule has 6 aromatic rings. The molecule has 1 aliphatic rings. The van der Waals surface area contributed by atoms with Crippen LogP contribution in [0.4, 0.5) is 28.4 Å². The van der Waals surface area contributed by atoms with Crippen LogP contribution in [0.1, 0.15) is 0 Å². The Balaban J connectivity index is 0.931.